The molecular formula is C15H16ClN3O. The van der Waals surface area contributed by atoms with Gasteiger partial charge >= 0.3 is 0 Å². The quantitative estimate of drug-likeness (QED) is 0.884. The van der Waals surface area contributed by atoms with Gasteiger partial charge in [0.25, 0.3) is 5.56 Å². The van der Waals surface area contributed by atoms with Crippen molar-refractivity contribution < 1.29 is 0 Å². The van der Waals surface area contributed by atoms with Crippen LogP contribution in [0.1, 0.15) is 24.1 Å². The molecule has 0 fully saturated rings. The molecule has 2 unspecified atom stereocenters. The fraction of sp³-hybridized carbons (Fsp3) is 0.333. The fourth-order valence-electron chi connectivity index (χ4n) is 2.66. The number of halogens is 1. The third kappa shape index (κ3) is 2.20. The summed E-state index contributed by atoms with van der Waals surface area (Å²) in [5.74, 6) is 0.363. The van der Waals surface area contributed by atoms with Gasteiger partial charge in [-0.25, -0.2) is 4.98 Å². The summed E-state index contributed by atoms with van der Waals surface area (Å²) in [6.45, 7) is 2.56. The smallest absolute Gasteiger partial charge is 0.293 e. The molecule has 2 atom stereocenters. The number of hydrogen-bond donors (Lipinski definition) is 1. The molecule has 0 saturated carbocycles. The van der Waals surface area contributed by atoms with Crippen LogP contribution in [0.5, 0.6) is 0 Å². The van der Waals surface area contributed by atoms with Crippen LogP contribution >= 0.6 is 11.6 Å². The van der Waals surface area contributed by atoms with Crippen molar-refractivity contribution in [1.82, 2.24) is 9.55 Å². The van der Waals surface area contributed by atoms with Gasteiger partial charge in [-0.3, -0.25) is 4.79 Å². The fourth-order valence-corrected chi connectivity index (χ4v) is 3.02. The zero-order valence-electron chi connectivity index (χ0n) is 11.2. The summed E-state index contributed by atoms with van der Waals surface area (Å²) in [4.78, 5) is 16.4. The third-order valence-electron chi connectivity index (χ3n) is 3.71. The van der Waals surface area contributed by atoms with Crippen molar-refractivity contribution in [2.75, 3.05) is 5.32 Å². The van der Waals surface area contributed by atoms with E-state index >= 15 is 0 Å². The maximum atomic E-state index is 12.2. The SMILES string of the molecule is CCn1ccnc(NC2c3ccccc3CC2Cl)c1=O. The summed E-state index contributed by atoms with van der Waals surface area (Å²) >= 11 is 6.42. The summed E-state index contributed by atoms with van der Waals surface area (Å²) in [6.07, 6.45) is 4.13. The average molecular weight is 290 g/mol. The third-order valence-corrected chi connectivity index (χ3v) is 4.12. The number of benzene rings is 1. The Bertz CT molecular complexity index is 683. The number of nitrogens with zero attached hydrogens (tertiary/aromatic N) is 2. The van der Waals surface area contributed by atoms with Crippen molar-refractivity contribution >= 4 is 17.4 Å². The Morgan fingerprint density at radius 1 is 1.45 bits per heavy atom. The van der Waals surface area contributed by atoms with E-state index in [2.05, 4.69) is 22.4 Å². The zero-order valence-corrected chi connectivity index (χ0v) is 12.0. The van der Waals surface area contributed by atoms with Gasteiger partial charge in [-0.1, -0.05) is 24.3 Å². The molecule has 1 aliphatic rings. The minimum atomic E-state index is -0.108. The van der Waals surface area contributed by atoms with Gasteiger partial charge in [0.05, 0.1) is 11.4 Å². The highest BCUT2D eigenvalue weighted by Gasteiger charge is 2.31. The lowest BCUT2D eigenvalue weighted by molar-refractivity contribution is 0.706. The number of hydrogen-bond acceptors (Lipinski definition) is 3. The number of aromatic nitrogens is 2. The zero-order chi connectivity index (χ0) is 14.1. The van der Waals surface area contributed by atoms with Crippen LogP contribution in [0.25, 0.3) is 0 Å². The normalized spacial score (nSPS) is 20.7. The number of anilines is 1. The van der Waals surface area contributed by atoms with Gasteiger partial charge in [0.1, 0.15) is 0 Å². The van der Waals surface area contributed by atoms with Crippen molar-refractivity contribution in [3.05, 3.63) is 58.1 Å². The van der Waals surface area contributed by atoms with E-state index in [1.807, 2.05) is 19.1 Å². The van der Waals surface area contributed by atoms with E-state index in [4.69, 9.17) is 11.6 Å². The molecule has 1 aromatic carbocycles. The lowest BCUT2D eigenvalue weighted by Crippen LogP contribution is -2.27. The van der Waals surface area contributed by atoms with Gasteiger partial charge in [-0.15, -0.1) is 11.6 Å². The second-order valence-corrected chi connectivity index (χ2v) is 5.47. The van der Waals surface area contributed by atoms with Crippen LogP contribution in [0.2, 0.25) is 0 Å². The monoisotopic (exact) mass is 289 g/mol. The van der Waals surface area contributed by atoms with Crippen LogP contribution < -0.4 is 10.9 Å². The molecule has 1 N–H and O–H groups in total. The Morgan fingerprint density at radius 3 is 3.05 bits per heavy atom. The highest BCUT2D eigenvalue weighted by Crippen LogP contribution is 2.36. The molecule has 4 nitrogen and oxygen atoms in total. The van der Waals surface area contributed by atoms with Crippen molar-refractivity contribution in [2.24, 2.45) is 0 Å². The average Bonchev–Trinajstić information content (AvgIpc) is 2.77. The molecule has 20 heavy (non-hydrogen) atoms. The van der Waals surface area contributed by atoms with Crippen LogP contribution in [0, 0.1) is 0 Å². The van der Waals surface area contributed by atoms with Crippen LogP contribution in [-0.2, 0) is 13.0 Å². The van der Waals surface area contributed by atoms with E-state index in [0.717, 1.165) is 12.0 Å². The number of rotatable bonds is 3. The van der Waals surface area contributed by atoms with E-state index in [9.17, 15) is 4.79 Å². The Hall–Kier alpha value is -1.81. The molecule has 0 amide bonds. The number of alkyl halides is 1. The molecule has 0 bridgehead atoms. The van der Waals surface area contributed by atoms with E-state index in [1.165, 1.54) is 5.56 Å². The predicted molar refractivity (Wildman–Crippen MR) is 80.3 cm³/mol. The van der Waals surface area contributed by atoms with Crippen LogP contribution in [0.15, 0.2) is 41.5 Å². The maximum Gasteiger partial charge on any atom is 0.293 e. The Morgan fingerprint density at radius 2 is 2.25 bits per heavy atom. The second-order valence-electron chi connectivity index (χ2n) is 4.91. The molecule has 0 aliphatic heterocycles. The Kier molecular flexibility index (Phi) is 3.49. The van der Waals surface area contributed by atoms with Gasteiger partial charge in [-0.2, -0.15) is 0 Å². The minimum absolute atomic E-state index is 0.0658. The first-order valence-electron chi connectivity index (χ1n) is 6.74. The first kappa shape index (κ1) is 13.2. The van der Waals surface area contributed by atoms with Gasteiger partial charge in [0.2, 0.25) is 0 Å². The molecule has 0 spiro atoms. The first-order valence-corrected chi connectivity index (χ1v) is 7.18. The van der Waals surface area contributed by atoms with E-state index < -0.39 is 0 Å². The summed E-state index contributed by atoms with van der Waals surface area (Å²) in [5.41, 5.74) is 2.28. The van der Waals surface area contributed by atoms with Gasteiger partial charge in [-0.05, 0) is 24.5 Å². The summed E-state index contributed by atoms with van der Waals surface area (Å²) < 4.78 is 1.62. The van der Waals surface area contributed by atoms with Crippen molar-refractivity contribution in [1.29, 1.82) is 0 Å². The molecule has 1 aromatic heterocycles. The molecular weight excluding hydrogens is 274 g/mol. The van der Waals surface area contributed by atoms with Crippen LogP contribution in [0.3, 0.4) is 0 Å². The summed E-state index contributed by atoms with van der Waals surface area (Å²) in [6, 6.07) is 8.06. The molecule has 0 radical (unpaired) electrons. The van der Waals surface area contributed by atoms with Crippen LogP contribution in [-0.4, -0.2) is 14.9 Å². The molecule has 104 valence electrons. The standard InChI is InChI=1S/C15H16ClN3O/c1-2-19-8-7-17-14(15(19)20)18-13-11-6-4-3-5-10(11)9-12(13)16/h3-8,12-13H,2,9H2,1H3,(H,17,18). The summed E-state index contributed by atoms with van der Waals surface area (Å²) in [5, 5.41) is 3.15. The maximum absolute atomic E-state index is 12.2. The second kappa shape index (κ2) is 5.29. The van der Waals surface area contributed by atoms with E-state index in [0.29, 0.717) is 12.4 Å². The highest BCUT2D eigenvalue weighted by atomic mass is 35.5. The van der Waals surface area contributed by atoms with E-state index in [-0.39, 0.29) is 17.0 Å². The van der Waals surface area contributed by atoms with Gasteiger partial charge in [0, 0.05) is 18.9 Å². The first-order chi connectivity index (χ1) is 9.70. The Labute approximate surface area is 122 Å². The summed E-state index contributed by atoms with van der Waals surface area (Å²) in [7, 11) is 0. The number of nitrogens with one attached hydrogen (secondary N) is 1. The molecule has 3 rings (SSSR count). The number of aryl methyl sites for hydroxylation is 1. The topological polar surface area (TPSA) is 46.9 Å². The largest absolute Gasteiger partial charge is 0.357 e. The minimum Gasteiger partial charge on any atom is -0.357 e. The van der Waals surface area contributed by atoms with Crippen molar-refractivity contribution in [3.8, 4) is 0 Å². The lowest BCUT2D eigenvalue weighted by atomic mass is 10.1. The van der Waals surface area contributed by atoms with Gasteiger partial charge in [0.15, 0.2) is 5.82 Å². The Balaban J connectivity index is 1.94. The highest BCUT2D eigenvalue weighted by molar-refractivity contribution is 6.21. The van der Waals surface area contributed by atoms with E-state index in [1.54, 1.807) is 17.0 Å². The van der Waals surface area contributed by atoms with Gasteiger partial charge < -0.3 is 9.88 Å². The molecule has 0 saturated heterocycles. The molecule has 1 heterocycles. The van der Waals surface area contributed by atoms with Crippen molar-refractivity contribution in [3.63, 3.8) is 0 Å². The lowest BCUT2D eigenvalue weighted by Gasteiger charge is -2.18. The predicted octanol–water partition coefficient (Wildman–Crippen LogP) is 2.58. The number of fused-ring (bicyclic) bond motifs is 1. The van der Waals surface area contributed by atoms with Crippen LogP contribution in [0.4, 0.5) is 5.82 Å². The van der Waals surface area contributed by atoms with Crippen molar-refractivity contribution in [2.45, 2.75) is 31.3 Å². The molecule has 2 aromatic rings. The molecule has 1 aliphatic carbocycles. The molecule has 5 heteroatoms.